The van der Waals surface area contributed by atoms with Gasteiger partial charge in [0, 0.05) is 38.4 Å². The lowest BCUT2D eigenvalue weighted by Crippen LogP contribution is -1.92. The number of hydrogen-bond acceptors (Lipinski definition) is 1. The predicted molar refractivity (Wildman–Crippen MR) is 154 cm³/mol. The van der Waals surface area contributed by atoms with Gasteiger partial charge >= 0.3 is 0 Å². The van der Waals surface area contributed by atoms with Gasteiger partial charge in [0.2, 0.25) is 0 Å². The third-order valence-corrected chi connectivity index (χ3v) is 6.77. The molecule has 37 heavy (non-hydrogen) atoms. The molecule has 0 fully saturated rings. The van der Waals surface area contributed by atoms with Gasteiger partial charge in [-0.25, -0.2) is 0 Å². The zero-order valence-electron chi connectivity index (χ0n) is 20.0. The minimum absolute atomic E-state index is 0.845. The lowest BCUT2D eigenvalue weighted by Gasteiger charge is -2.13. The van der Waals surface area contributed by atoms with Crippen LogP contribution in [0.5, 0.6) is 0 Å². The van der Waals surface area contributed by atoms with Gasteiger partial charge in [-0.1, -0.05) is 84.3 Å². The van der Waals surface area contributed by atoms with Gasteiger partial charge in [0.25, 0.3) is 0 Å². The fraction of sp³-hybridized carbons (Fsp3) is 0. The monoisotopic (exact) mass is 468 g/mol. The molecule has 7 rings (SSSR count). The van der Waals surface area contributed by atoms with Crippen LogP contribution in [0.3, 0.4) is 0 Å². The lowest BCUT2D eigenvalue weighted by molar-refractivity contribution is 0.616. The Morgan fingerprint density at radius 1 is 0.405 bits per heavy atom. The molecule has 0 aliphatic carbocycles. The largest absolute Gasteiger partial charge is 0.464 e. The Balaban J connectivity index is 1.64. The molecule has 0 bridgehead atoms. The van der Waals surface area contributed by atoms with Crippen molar-refractivity contribution in [2.24, 2.45) is 0 Å². The van der Waals surface area contributed by atoms with Crippen LogP contribution in [-0.4, -0.2) is 0 Å². The summed E-state index contributed by atoms with van der Waals surface area (Å²) in [5, 5.41) is 7.75. The van der Waals surface area contributed by atoms with E-state index in [0.717, 1.165) is 54.8 Å². The van der Waals surface area contributed by atoms with E-state index in [-0.39, 0.29) is 0 Å². The molecule has 0 saturated heterocycles. The van der Waals surface area contributed by atoms with Crippen LogP contribution in [0.1, 0.15) is 22.3 Å². The second kappa shape index (κ2) is 8.76. The molecule has 0 unspecified atom stereocenters. The van der Waals surface area contributed by atoms with E-state index < -0.39 is 0 Å². The molecule has 0 aliphatic heterocycles. The zero-order valence-corrected chi connectivity index (χ0v) is 20.0. The molecule has 1 nitrogen and oxygen atoms in total. The molecule has 7 aromatic rings. The van der Waals surface area contributed by atoms with E-state index in [1.54, 1.807) is 6.26 Å². The van der Waals surface area contributed by atoms with Crippen molar-refractivity contribution in [2.45, 2.75) is 0 Å². The van der Waals surface area contributed by atoms with E-state index in [1.165, 1.54) is 10.8 Å². The Bertz CT molecular complexity index is 1920. The van der Waals surface area contributed by atoms with E-state index in [0.29, 0.717) is 0 Å². The molecule has 0 aliphatic rings. The second-order valence-electron chi connectivity index (χ2n) is 9.08. The molecule has 0 N–H and O–H groups in total. The summed E-state index contributed by atoms with van der Waals surface area (Å²) >= 11 is 0. The zero-order chi connectivity index (χ0) is 24.6. The highest BCUT2D eigenvalue weighted by atomic mass is 16.3. The van der Waals surface area contributed by atoms with Crippen molar-refractivity contribution in [1.82, 2.24) is 0 Å². The normalized spacial score (nSPS) is 10.8. The Kier molecular flexibility index (Phi) is 4.99. The minimum Gasteiger partial charge on any atom is -0.464 e. The number of rotatable bonds is 0. The molecule has 1 aromatic heterocycles. The molecule has 0 saturated carbocycles. The number of benzene rings is 6. The molecule has 0 amide bonds. The quantitative estimate of drug-likeness (QED) is 0.160. The maximum Gasteiger partial charge on any atom is 0.134 e. The van der Waals surface area contributed by atoms with Crippen LogP contribution in [0.2, 0.25) is 0 Å². The molecule has 0 radical (unpaired) electrons. The summed E-state index contributed by atoms with van der Waals surface area (Å²) in [6, 6.07) is 39.5. The topological polar surface area (TPSA) is 13.1 Å². The Morgan fingerprint density at radius 3 is 1.41 bits per heavy atom. The van der Waals surface area contributed by atoms with Crippen molar-refractivity contribution in [2.75, 3.05) is 0 Å². The highest BCUT2D eigenvalue weighted by Crippen LogP contribution is 2.37. The summed E-state index contributed by atoms with van der Waals surface area (Å²) in [5.41, 5.74) is 4.81. The Morgan fingerprint density at radius 2 is 0.865 bits per heavy atom. The summed E-state index contributed by atoms with van der Waals surface area (Å²) in [4.78, 5) is 0. The van der Waals surface area contributed by atoms with Crippen molar-refractivity contribution in [3.05, 3.63) is 144 Å². The van der Waals surface area contributed by atoms with Crippen LogP contribution >= 0.6 is 0 Å². The van der Waals surface area contributed by atoms with Gasteiger partial charge in [-0.05, 0) is 76.1 Å². The molecule has 170 valence electrons. The summed E-state index contributed by atoms with van der Waals surface area (Å²) in [5.74, 6) is 13.9. The molecular formula is C36H20O. The first kappa shape index (κ1) is 21.1. The average molecular weight is 469 g/mol. The van der Waals surface area contributed by atoms with E-state index in [2.05, 4.69) is 72.2 Å². The SMILES string of the molecule is C(#Cc1c2cc3ccccc3cc2c(C#Cc2ccccc2)c2cc3occc3cc12)c1ccccc1. The van der Waals surface area contributed by atoms with E-state index in [1.807, 2.05) is 66.7 Å². The molecule has 6 aromatic carbocycles. The van der Waals surface area contributed by atoms with E-state index in [4.69, 9.17) is 4.42 Å². The Labute approximate surface area is 215 Å². The molecule has 1 heteroatoms. The van der Waals surface area contributed by atoms with Crippen LogP contribution in [0.25, 0.3) is 43.3 Å². The first-order valence-corrected chi connectivity index (χ1v) is 12.3. The molecular weight excluding hydrogens is 448 g/mol. The number of fused-ring (bicyclic) bond motifs is 4. The fourth-order valence-corrected chi connectivity index (χ4v) is 4.95. The van der Waals surface area contributed by atoms with E-state index >= 15 is 0 Å². The van der Waals surface area contributed by atoms with Crippen LogP contribution < -0.4 is 0 Å². The first-order valence-electron chi connectivity index (χ1n) is 12.3. The Hall–Kier alpha value is -5.24. The second-order valence-corrected chi connectivity index (χ2v) is 9.08. The van der Waals surface area contributed by atoms with Crippen LogP contribution in [-0.2, 0) is 0 Å². The third-order valence-electron chi connectivity index (χ3n) is 6.77. The van der Waals surface area contributed by atoms with Gasteiger partial charge in [0.05, 0.1) is 6.26 Å². The van der Waals surface area contributed by atoms with Crippen LogP contribution in [0, 0.1) is 23.7 Å². The van der Waals surface area contributed by atoms with Gasteiger partial charge in [-0.2, -0.15) is 0 Å². The van der Waals surface area contributed by atoms with Crippen LogP contribution in [0.15, 0.2) is 126 Å². The van der Waals surface area contributed by atoms with Crippen molar-refractivity contribution in [3.8, 4) is 23.7 Å². The first-order chi connectivity index (χ1) is 18.3. The summed E-state index contributed by atoms with van der Waals surface area (Å²) in [6.07, 6.45) is 1.74. The smallest absolute Gasteiger partial charge is 0.134 e. The fourth-order valence-electron chi connectivity index (χ4n) is 4.95. The minimum atomic E-state index is 0.845. The lowest BCUT2D eigenvalue weighted by atomic mass is 9.89. The van der Waals surface area contributed by atoms with Crippen molar-refractivity contribution in [3.63, 3.8) is 0 Å². The maximum atomic E-state index is 5.81. The van der Waals surface area contributed by atoms with E-state index in [9.17, 15) is 0 Å². The van der Waals surface area contributed by atoms with Gasteiger partial charge in [0.15, 0.2) is 0 Å². The van der Waals surface area contributed by atoms with Crippen molar-refractivity contribution < 1.29 is 4.42 Å². The van der Waals surface area contributed by atoms with Crippen molar-refractivity contribution >= 4 is 43.3 Å². The van der Waals surface area contributed by atoms with Crippen LogP contribution in [0.4, 0.5) is 0 Å². The highest BCUT2D eigenvalue weighted by molar-refractivity contribution is 6.15. The third kappa shape index (κ3) is 3.81. The predicted octanol–water partition coefficient (Wildman–Crippen LogP) is 8.69. The van der Waals surface area contributed by atoms with Gasteiger partial charge in [-0.15, -0.1) is 0 Å². The van der Waals surface area contributed by atoms with Gasteiger partial charge in [0.1, 0.15) is 5.58 Å². The summed E-state index contributed by atoms with van der Waals surface area (Å²) < 4.78 is 5.81. The maximum absolute atomic E-state index is 5.81. The summed E-state index contributed by atoms with van der Waals surface area (Å²) in [7, 11) is 0. The van der Waals surface area contributed by atoms with Gasteiger partial charge in [-0.3, -0.25) is 0 Å². The van der Waals surface area contributed by atoms with Gasteiger partial charge < -0.3 is 4.42 Å². The number of hydrogen-bond donors (Lipinski definition) is 0. The summed E-state index contributed by atoms with van der Waals surface area (Å²) in [6.45, 7) is 0. The molecule has 1 heterocycles. The molecule has 0 atom stereocenters. The standard InChI is InChI=1S/C36H20O/c1-3-9-25(10-4-1)15-17-30-32-21-27-13-7-8-14-28(27)22-33(32)31(18-16-26-11-5-2-6-12-26)35-24-36-29(19-20-37-36)23-34(30)35/h1-14,19-24H. The molecule has 0 spiro atoms. The highest BCUT2D eigenvalue weighted by Gasteiger charge is 2.15. The number of furan rings is 1. The average Bonchev–Trinajstić information content (AvgIpc) is 3.41. The van der Waals surface area contributed by atoms with Crippen molar-refractivity contribution in [1.29, 1.82) is 0 Å².